The Bertz CT molecular complexity index is 1040. The Morgan fingerprint density at radius 3 is 2.47 bits per heavy atom. The fraction of sp³-hybridized carbons (Fsp3) is 0.227. The maximum absolute atomic E-state index is 13.1. The minimum absolute atomic E-state index is 0.299. The molecule has 0 saturated heterocycles. The molecule has 2 heterocycles. The number of ether oxygens (including phenoxy) is 1. The number of nitrogens with zero attached hydrogens (tertiary/aromatic N) is 2. The van der Waals surface area contributed by atoms with Gasteiger partial charge in [-0.05, 0) is 42.5 Å². The molecule has 2 amide bonds. The van der Waals surface area contributed by atoms with E-state index in [0.717, 1.165) is 23.4 Å². The predicted molar refractivity (Wildman–Crippen MR) is 106 cm³/mol. The first-order valence-electron chi connectivity index (χ1n) is 9.41. The van der Waals surface area contributed by atoms with Gasteiger partial charge in [-0.3, -0.25) is 0 Å². The van der Waals surface area contributed by atoms with Crippen LogP contribution in [0.1, 0.15) is 22.9 Å². The lowest BCUT2D eigenvalue weighted by Gasteiger charge is -2.37. The van der Waals surface area contributed by atoms with Crippen LogP contribution in [0.2, 0.25) is 0 Å². The Balaban J connectivity index is 1.64. The molecule has 0 aliphatic carbocycles. The van der Waals surface area contributed by atoms with Gasteiger partial charge in [0.1, 0.15) is 11.8 Å². The van der Waals surface area contributed by atoms with E-state index in [2.05, 4.69) is 9.88 Å². The van der Waals surface area contributed by atoms with E-state index in [1.54, 1.807) is 12.0 Å². The number of hydrogen-bond acceptors (Lipinski definition) is 2. The van der Waals surface area contributed by atoms with Gasteiger partial charge in [0.05, 0.1) is 12.7 Å². The SMILES string of the molecule is COc1ccccc1[C@@H]1c2cccn2CCN1C(=O)Nc1ccc(C(F)(F)F)cc1. The number of benzene rings is 2. The second-order valence-corrected chi connectivity index (χ2v) is 6.97. The van der Waals surface area contributed by atoms with Crippen molar-refractivity contribution < 1.29 is 22.7 Å². The number of rotatable bonds is 3. The Morgan fingerprint density at radius 2 is 1.77 bits per heavy atom. The summed E-state index contributed by atoms with van der Waals surface area (Å²) in [4.78, 5) is 14.8. The summed E-state index contributed by atoms with van der Waals surface area (Å²) in [6.07, 6.45) is -2.46. The van der Waals surface area contributed by atoms with Gasteiger partial charge in [0.15, 0.2) is 0 Å². The summed E-state index contributed by atoms with van der Waals surface area (Å²) in [6, 6.07) is 15.0. The number of methoxy groups -OCH3 is 1. The van der Waals surface area contributed by atoms with E-state index in [9.17, 15) is 18.0 Å². The number of carbonyl (C=O) groups excluding carboxylic acids is 1. The molecule has 0 bridgehead atoms. The normalized spacial score (nSPS) is 16.1. The van der Waals surface area contributed by atoms with E-state index in [-0.39, 0.29) is 6.04 Å². The summed E-state index contributed by atoms with van der Waals surface area (Å²) in [5, 5.41) is 2.72. The van der Waals surface area contributed by atoms with Crippen molar-refractivity contribution in [2.45, 2.75) is 18.8 Å². The van der Waals surface area contributed by atoms with Crippen molar-refractivity contribution in [2.24, 2.45) is 0 Å². The molecule has 0 spiro atoms. The van der Waals surface area contributed by atoms with Gasteiger partial charge >= 0.3 is 12.2 Å². The zero-order valence-corrected chi connectivity index (χ0v) is 16.2. The third-order valence-electron chi connectivity index (χ3n) is 5.20. The highest BCUT2D eigenvalue weighted by Crippen LogP contribution is 2.37. The minimum atomic E-state index is -4.42. The van der Waals surface area contributed by atoms with Gasteiger partial charge in [-0.15, -0.1) is 0 Å². The highest BCUT2D eigenvalue weighted by atomic mass is 19.4. The van der Waals surface area contributed by atoms with Crippen molar-refractivity contribution in [3.63, 3.8) is 0 Å². The van der Waals surface area contributed by atoms with Crippen LogP contribution in [-0.2, 0) is 12.7 Å². The zero-order chi connectivity index (χ0) is 21.3. The van der Waals surface area contributed by atoms with Crippen molar-refractivity contribution in [2.75, 3.05) is 19.0 Å². The lowest BCUT2D eigenvalue weighted by atomic mass is 9.99. The third kappa shape index (κ3) is 3.72. The second kappa shape index (κ2) is 7.78. The van der Waals surface area contributed by atoms with E-state index in [4.69, 9.17) is 4.74 Å². The molecule has 2 aromatic carbocycles. The van der Waals surface area contributed by atoms with Crippen LogP contribution >= 0.6 is 0 Å². The third-order valence-corrected chi connectivity index (χ3v) is 5.20. The van der Waals surface area contributed by atoms with E-state index in [1.165, 1.54) is 12.1 Å². The highest BCUT2D eigenvalue weighted by Gasteiger charge is 2.34. The lowest BCUT2D eigenvalue weighted by molar-refractivity contribution is -0.137. The van der Waals surface area contributed by atoms with Crippen molar-refractivity contribution in [3.8, 4) is 5.75 Å². The number of fused-ring (bicyclic) bond motifs is 1. The molecule has 5 nitrogen and oxygen atoms in total. The average Bonchev–Trinajstić information content (AvgIpc) is 3.21. The molecule has 1 aliphatic heterocycles. The number of aromatic nitrogens is 1. The van der Waals surface area contributed by atoms with Gasteiger partial charge in [0.2, 0.25) is 0 Å². The minimum Gasteiger partial charge on any atom is -0.496 e. The molecule has 0 unspecified atom stereocenters. The van der Waals surface area contributed by atoms with Crippen LogP contribution in [0.15, 0.2) is 66.9 Å². The Hall–Kier alpha value is -3.42. The first-order chi connectivity index (χ1) is 14.4. The molecule has 3 aromatic rings. The number of alkyl halides is 3. The van der Waals surface area contributed by atoms with E-state index in [1.807, 2.05) is 42.6 Å². The van der Waals surface area contributed by atoms with Crippen molar-refractivity contribution in [1.29, 1.82) is 0 Å². The zero-order valence-electron chi connectivity index (χ0n) is 16.2. The molecule has 30 heavy (non-hydrogen) atoms. The van der Waals surface area contributed by atoms with E-state index >= 15 is 0 Å². The molecule has 1 N–H and O–H groups in total. The van der Waals surface area contributed by atoms with Gasteiger partial charge in [-0.1, -0.05) is 18.2 Å². The number of carbonyl (C=O) groups is 1. The standard InChI is InChI=1S/C22H20F3N3O2/c1-30-19-7-3-2-5-17(19)20-18-6-4-12-27(18)13-14-28(20)21(29)26-16-10-8-15(9-11-16)22(23,24)25/h2-12,20H,13-14H2,1H3,(H,26,29)/t20-/m1/s1. The van der Waals surface area contributed by atoms with E-state index < -0.39 is 17.8 Å². The number of amides is 2. The summed E-state index contributed by atoms with van der Waals surface area (Å²) in [5.41, 5.74) is 1.31. The van der Waals surface area contributed by atoms with Crippen LogP contribution in [0.25, 0.3) is 0 Å². The van der Waals surface area contributed by atoms with Crippen molar-refractivity contribution >= 4 is 11.7 Å². The van der Waals surface area contributed by atoms with Gasteiger partial charge in [0, 0.05) is 36.2 Å². The molecule has 0 fully saturated rings. The fourth-order valence-electron chi connectivity index (χ4n) is 3.76. The molecule has 1 atom stereocenters. The number of hydrogen-bond donors (Lipinski definition) is 1. The highest BCUT2D eigenvalue weighted by molar-refractivity contribution is 5.90. The van der Waals surface area contributed by atoms with Crippen LogP contribution < -0.4 is 10.1 Å². The molecule has 1 aliphatic rings. The maximum atomic E-state index is 13.1. The summed E-state index contributed by atoms with van der Waals surface area (Å²) in [7, 11) is 1.58. The molecular weight excluding hydrogens is 395 g/mol. The van der Waals surface area contributed by atoms with Crippen molar-refractivity contribution in [3.05, 3.63) is 83.7 Å². The second-order valence-electron chi connectivity index (χ2n) is 6.97. The molecule has 8 heteroatoms. The Kier molecular flexibility index (Phi) is 5.15. The quantitative estimate of drug-likeness (QED) is 0.643. The largest absolute Gasteiger partial charge is 0.496 e. The van der Waals surface area contributed by atoms with Gasteiger partial charge in [-0.2, -0.15) is 13.2 Å². The molecule has 4 rings (SSSR count). The Morgan fingerprint density at radius 1 is 1.03 bits per heavy atom. The number of anilines is 1. The Labute approximate surface area is 171 Å². The summed E-state index contributed by atoms with van der Waals surface area (Å²) >= 11 is 0. The van der Waals surface area contributed by atoms with Gasteiger partial charge < -0.3 is 19.5 Å². The summed E-state index contributed by atoms with van der Waals surface area (Å²) in [5.74, 6) is 0.657. The maximum Gasteiger partial charge on any atom is 0.416 e. The molecule has 0 radical (unpaired) electrons. The van der Waals surface area contributed by atoms with Crippen LogP contribution in [0.4, 0.5) is 23.7 Å². The van der Waals surface area contributed by atoms with Crippen LogP contribution in [0.3, 0.4) is 0 Å². The van der Waals surface area contributed by atoms with Crippen LogP contribution in [-0.4, -0.2) is 29.2 Å². The van der Waals surface area contributed by atoms with Crippen LogP contribution in [0.5, 0.6) is 5.75 Å². The monoisotopic (exact) mass is 415 g/mol. The molecule has 156 valence electrons. The molecule has 0 saturated carbocycles. The average molecular weight is 415 g/mol. The summed E-state index contributed by atoms with van der Waals surface area (Å²) in [6.45, 7) is 1.06. The van der Waals surface area contributed by atoms with E-state index in [0.29, 0.717) is 24.5 Å². The summed E-state index contributed by atoms with van der Waals surface area (Å²) < 4.78 is 45.9. The number of para-hydroxylation sites is 1. The topological polar surface area (TPSA) is 46.5 Å². The van der Waals surface area contributed by atoms with Crippen molar-refractivity contribution in [1.82, 2.24) is 9.47 Å². The fourth-order valence-corrected chi connectivity index (χ4v) is 3.76. The first kappa shape index (κ1) is 19.9. The number of urea groups is 1. The first-order valence-corrected chi connectivity index (χ1v) is 9.41. The lowest BCUT2D eigenvalue weighted by Crippen LogP contribution is -2.44. The van der Waals surface area contributed by atoms with Crippen LogP contribution in [0, 0.1) is 0 Å². The number of halogens is 3. The molecule has 1 aromatic heterocycles. The smallest absolute Gasteiger partial charge is 0.416 e. The molecular formula is C22H20F3N3O2. The van der Waals surface area contributed by atoms with Gasteiger partial charge in [0.25, 0.3) is 0 Å². The number of nitrogens with one attached hydrogen (secondary N) is 1. The van der Waals surface area contributed by atoms with Gasteiger partial charge in [-0.25, -0.2) is 4.79 Å². The predicted octanol–water partition coefficient (Wildman–Crippen LogP) is 5.15.